The number of halogens is 1. The first-order valence-corrected chi connectivity index (χ1v) is 8.25. The molecule has 0 aromatic heterocycles. The molecule has 0 N–H and O–H groups in total. The van der Waals surface area contributed by atoms with Gasteiger partial charge in [-0.15, -0.1) is 0 Å². The third-order valence-electron chi connectivity index (χ3n) is 1.25. The molecule has 1 unspecified atom stereocenters. The zero-order valence-electron chi connectivity index (χ0n) is 6.52. The quantitative estimate of drug-likeness (QED) is 0.530. The SMILES string of the molecule is CC(C)CCCP(C)I. The maximum absolute atomic E-state index is 2.55. The summed E-state index contributed by atoms with van der Waals surface area (Å²) in [5, 5.41) is 0. The molecule has 0 aliphatic heterocycles. The minimum atomic E-state index is 0.339. The molecule has 0 rings (SSSR count). The predicted molar refractivity (Wildman–Crippen MR) is 55.8 cm³/mol. The predicted octanol–water partition coefficient (Wildman–Crippen LogP) is 3.88. The van der Waals surface area contributed by atoms with Gasteiger partial charge in [0.15, 0.2) is 0 Å². The third-order valence-corrected chi connectivity index (χ3v) is 3.63. The molecule has 0 aliphatic rings. The zero-order valence-corrected chi connectivity index (χ0v) is 9.58. The van der Waals surface area contributed by atoms with Gasteiger partial charge in [-0.1, -0.05) is 42.3 Å². The topological polar surface area (TPSA) is 0 Å². The summed E-state index contributed by atoms with van der Waals surface area (Å²) in [6.07, 6.45) is 4.30. The lowest BCUT2D eigenvalue weighted by Crippen LogP contribution is -1.88. The van der Waals surface area contributed by atoms with Gasteiger partial charge >= 0.3 is 0 Å². The first kappa shape index (κ1) is 10.2. The fraction of sp³-hybridized carbons (Fsp3) is 1.00. The summed E-state index contributed by atoms with van der Waals surface area (Å²) in [6.45, 7) is 6.94. The van der Waals surface area contributed by atoms with Gasteiger partial charge < -0.3 is 0 Å². The van der Waals surface area contributed by atoms with E-state index < -0.39 is 0 Å². The summed E-state index contributed by atoms with van der Waals surface area (Å²) in [4.78, 5) is 0. The molecule has 0 spiro atoms. The monoisotopic (exact) mass is 258 g/mol. The summed E-state index contributed by atoms with van der Waals surface area (Å²) in [7, 11) is 0. The van der Waals surface area contributed by atoms with Gasteiger partial charge in [0.1, 0.15) is 0 Å². The molecular weight excluding hydrogens is 242 g/mol. The van der Waals surface area contributed by atoms with E-state index in [1.807, 2.05) is 0 Å². The molecule has 0 nitrogen and oxygen atoms in total. The number of hydrogen-bond acceptors (Lipinski definition) is 0. The Balaban J connectivity index is 2.91. The van der Waals surface area contributed by atoms with E-state index >= 15 is 0 Å². The van der Waals surface area contributed by atoms with Gasteiger partial charge in [-0.2, -0.15) is 0 Å². The molecular formula is C7H16IP. The highest BCUT2D eigenvalue weighted by Gasteiger charge is 1.96. The molecule has 56 valence electrons. The van der Waals surface area contributed by atoms with Gasteiger partial charge in [0, 0.05) is 0 Å². The summed E-state index contributed by atoms with van der Waals surface area (Å²) in [5.74, 6) is 0.899. The van der Waals surface area contributed by atoms with Crippen LogP contribution in [-0.4, -0.2) is 12.8 Å². The van der Waals surface area contributed by atoms with E-state index in [1.165, 1.54) is 19.0 Å². The van der Waals surface area contributed by atoms with Gasteiger partial charge in [-0.3, -0.25) is 0 Å². The molecule has 0 saturated carbocycles. The van der Waals surface area contributed by atoms with Crippen LogP contribution in [0, 0.1) is 5.92 Å². The lowest BCUT2D eigenvalue weighted by atomic mass is 10.1. The minimum Gasteiger partial charge on any atom is -0.0628 e. The summed E-state index contributed by atoms with van der Waals surface area (Å²) in [6, 6.07) is 0. The smallest absolute Gasteiger partial charge is 0.0237 e. The second-order valence-electron chi connectivity index (χ2n) is 2.86. The Hall–Kier alpha value is 1.16. The second kappa shape index (κ2) is 5.91. The largest absolute Gasteiger partial charge is 0.0628 e. The van der Waals surface area contributed by atoms with Crippen LogP contribution >= 0.6 is 27.6 Å². The summed E-state index contributed by atoms with van der Waals surface area (Å²) < 4.78 is 0. The molecule has 0 aliphatic carbocycles. The summed E-state index contributed by atoms with van der Waals surface area (Å²) >= 11 is 2.55. The van der Waals surface area contributed by atoms with Crippen LogP contribution in [0.3, 0.4) is 0 Å². The van der Waals surface area contributed by atoms with Crippen LogP contribution in [0.5, 0.6) is 0 Å². The zero-order chi connectivity index (χ0) is 7.28. The van der Waals surface area contributed by atoms with Crippen molar-refractivity contribution in [2.75, 3.05) is 12.8 Å². The molecule has 0 bridgehead atoms. The Morgan fingerprint density at radius 2 is 2.00 bits per heavy atom. The minimum absolute atomic E-state index is 0.339. The highest BCUT2D eigenvalue weighted by Crippen LogP contribution is 2.41. The van der Waals surface area contributed by atoms with E-state index in [-0.39, 0.29) is 0 Å². The van der Waals surface area contributed by atoms with Gasteiger partial charge in [-0.25, -0.2) is 0 Å². The fourth-order valence-electron chi connectivity index (χ4n) is 0.717. The van der Waals surface area contributed by atoms with Crippen molar-refractivity contribution in [2.24, 2.45) is 5.92 Å². The molecule has 0 amide bonds. The Morgan fingerprint density at radius 3 is 2.33 bits per heavy atom. The van der Waals surface area contributed by atoms with E-state index in [0.29, 0.717) is 5.56 Å². The Morgan fingerprint density at radius 1 is 1.44 bits per heavy atom. The van der Waals surface area contributed by atoms with Crippen molar-refractivity contribution < 1.29 is 0 Å². The first-order chi connectivity index (χ1) is 4.13. The molecule has 0 saturated heterocycles. The first-order valence-electron chi connectivity index (χ1n) is 3.50. The van der Waals surface area contributed by atoms with Gasteiger partial charge in [0.05, 0.1) is 0 Å². The highest BCUT2D eigenvalue weighted by molar-refractivity contribution is 14.2. The fourth-order valence-corrected chi connectivity index (χ4v) is 2.36. The van der Waals surface area contributed by atoms with Crippen LogP contribution in [-0.2, 0) is 0 Å². The van der Waals surface area contributed by atoms with Crippen LogP contribution < -0.4 is 0 Å². The van der Waals surface area contributed by atoms with Crippen LogP contribution in [0.15, 0.2) is 0 Å². The highest BCUT2D eigenvalue weighted by atomic mass is 127. The second-order valence-corrected chi connectivity index (χ2v) is 9.46. The standard InChI is InChI=1S/C7H16IP/c1-7(2)5-4-6-9(3)8/h7H,4-6H2,1-3H3. The molecule has 2 heteroatoms. The Kier molecular flexibility index (Phi) is 6.67. The Bertz CT molecular complexity index is 53.9. The van der Waals surface area contributed by atoms with Gasteiger partial charge in [0.2, 0.25) is 0 Å². The number of hydrogen-bond donors (Lipinski definition) is 0. The van der Waals surface area contributed by atoms with Crippen molar-refractivity contribution in [2.45, 2.75) is 26.7 Å². The van der Waals surface area contributed by atoms with E-state index in [2.05, 4.69) is 42.6 Å². The van der Waals surface area contributed by atoms with Crippen molar-refractivity contribution >= 4 is 27.6 Å². The number of rotatable bonds is 4. The van der Waals surface area contributed by atoms with E-state index in [9.17, 15) is 0 Å². The maximum Gasteiger partial charge on any atom is -0.0237 e. The van der Waals surface area contributed by atoms with Crippen molar-refractivity contribution in [1.29, 1.82) is 0 Å². The maximum atomic E-state index is 2.55. The van der Waals surface area contributed by atoms with Crippen molar-refractivity contribution in [1.82, 2.24) is 0 Å². The average molecular weight is 258 g/mol. The molecule has 0 aromatic carbocycles. The van der Waals surface area contributed by atoms with E-state index in [4.69, 9.17) is 0 Å². The van der Waals surface area contributed by atoms with Crippen molar-refractivity contribution in [3.05, 3.63) is 0 Å². The van der Waals surface area contributed by atoms with Crippen LogP contribution in [0.1, 0.15) is 26.7 Å². The summed E-state index contributed by atoms with van der Waals surface area (Å²) in [5.41, 5.74) is 0.339. The molecule has 0 radical (unpaired) electrons. The molecule has 0 aromatic rings. The molecule has 1 atom stereocenters. The van der Waals surface area contributed by atoms with Crippen molar-refractivity contribution in [3.63, 3.8) is 0 Å². The normalized spacial score (nSPS) is 14.3. The average Bonchev–Trinajstić information content (AvgIpc) is 1.63. The van der Waals surface area contributed by atoms with Gasteiger partial charge in [-0.05, 0) is 30.7 Å². The van der Waals surface area contributed by atoms with Gasteiger partial charge in [0.25, 0.3) is 0 Å². The van der Waals surface area contributed by atoms with Crippen LogP contribution in [0.25, 0.3) is 0 Å². The third kappa shape index (κ3) is 9.16. The lowest BCUT2D eigenvalue weighted by Gasteiger charge is -2.04. The van der Waals surface area contributed by atoms with Crippen molar-refractivity contribution in [3.8, 4) is 0 Å². The van der Waals surface area contributed by atoms with Crippen LogP contribution in [0.4, 0.5) is 0 Å². The van der Waals surface area contributed by atoms with E-state index in [1.54, 1.807) is 0 Å². The molecule has 0 heterocycles. The Labute approximate surface area is 73.0 Å². The molecule has 9 heavy (non-hydrogen) atoms. The lowest BCUT2D eigenvalue weighted by molar-refractivity contribution is 0.579. The van der Waals surface area contributed by atoms with Crippen LogP contribution in [0.2, 0.25) is 0 Å². The van der Waals surface area contributed by atoms with E-state index in [0.717, 1.165) is 5.92 Å². The molecule has 0 fully saturated rings.